The zero-order valence-electron chi connectivity index (χ0n) is 10.7. The lowest BCUT2D eigenvalue weighted by Crippen LogP contribution is -2.40. The van der Waals surface area contributed by atoms with Gasteiger partial charge in [-0.2, -0.15) is 4.31 Å². The number of carboxylic acids is 1. The highest BCUT2D eigenvalue weighted by Gasteiger charge is 2.43. The molecule has 1 aromatic carbocycles. The summed E-state index contributed by atoms with van der Waals surface area (Å²) in [4.78, 5) is 11.1. The number of β-amino-alcohol motifs (C(OH)–C–C–N with tert-alkyl or cyclic N) is 1. The van der Waals surface area contributed by atoms with Crippen molar-refractivity contribution in [2.45, 2.75) is 30.4 Å². The lowest BCUT2D eigenvalue weighted by atomic mass is 10.2. The largest absolute Gasteiger partial charge is 0.480 e. The van der Waals surface area contributed by atoms with Gasteiger partial charge >= 0.3 is 5.97 Å². The Bertz CT molecular complexity index is 645. The summed E-state index contributed by atoms with van der Waals surface area (Å²) in [7, 11) is -3.98. The van der Waals surface area contributed by atoms with Crippen molar-refractivity contribution >= 4 is 27.6 Å². The minimum atomic E-state index is -3.98. The lowest BCUT2D eigenvalue weighted by Gasteiger charge is -2.21. The van der Waals surface area contributed by atoms with Crippen LogP contribution < -0.4 is 0 Å². The number of carboxylic acid groups (broad SMARTS) is 1. The molecule has 2 rings (SSSR count). The zero-order valence-corrected chi connectivity index (χ0v) is 12.2. The van der Waals surface area contributed by atoms with Gasteiger partial charge in [-0.1, -0.05) is 11.6 Å². The van der Waals surface area contributed by atoms with Crippen LogP contribution in [-0.4, -0.2) is 47.6 Å². The van der Waals surface area contributed by atoms with Crippen molar-refractivity contribution < 1.29 is 23.4 Å². The molecule has 0 saturated carbocycles. The summed E-state index contributed by atoms with van der Waals surface area (Å²) in [5, 5.41) is 19.0. The predicted octanol–water partition coefficient (Wildman–Crippen LogP) is 0.857. The van der Waals surface area contributed by atoms with Crippen molar-refractivity contribution in [3.63, 3.8) is 0 Å². The quantitative estimate of drug-likeness (QED) is 0.861. The first-order valence-electron chi connectivity index (χ1n) is 5.92. The van der Waals surface area contributed by atoms with Gasteiger partial charge in [0.1, 0.15) is 6.04 Å². The number of aliphatic hydroxyl groups excluding tert-OH is 1. The van der Waals surface area contributed by atoms with Crippen molar-refractivity contribution in [2.24, 2.45) is 0 Å². The molecule has 0 spiro atoms. The molecule has 0 bridgehead atoms. The number of aliphatic carboxylic acids is 1. The molecule has 0 aromatic heterocycles. The van der Waals surface area contributed by atoms with E-state index in [1.807, 2.05) is 0 Å². The molecule has 1 aliphatic heterocycles. The molecule has 0 amide bonds. The molecule has 1 aromatic rings. The highest BCUT2D eigenvalue weighted by Crippen LogP contribution is 2.29. The zero-order chi connectivity index (χ0) is 15.1. The van der Waals surface area contributed by atoms with Crippen molar-refractivity contribution in [3.05, 3.63) is 28.8 Å². The van der Waals surface area contributed by atoms with E-state index in [1.54, 1.807) is 6.92 Å². The van der Waals surface area contributed by atoms with E-state index in [0.717, 1.165) is 4.31 Å². The molecular weight excluding hydrogens is 306 g/mol. The summed E-state index contributed by atoms with van der Waals surface area (Å²) in [5.41, 5.74) is 0.433. The van der Waals surface area contributed by atoms with Crippen LogP contribution in [0.1, 0.15) is 12.0 Å². The molecule has 0 radical (unpaired) electrons. The minimum Gasteiger partial charge on any atom is -0.480 e. The van der Waals surface area contributed by atoms with E-state index < -0.39 is 28.1 Å². The Balaban J connectivity index is 2.46. The molecule has 2 N–H and O–H groups in total. The Kier molecular flexibility index (Phi) is 4.06. The minimum absolute atomic E-state index is 0.00208. The van der Waals surface area contributed by atoms with Gasteiger partial charge in [0, 0.05) is 18.0 Å². The number of sulfonamides is 1. The van der Waals surface area contributed by atoms with Gasteiger partial charge in [-0.3, -0.25) is 4.79 Å². The monoisotopic (exact) mass is 319 g/mol. The summed E-state index contributed by atoms with van der Waals surface area (Å²) in [6.07, 6.45) is -1.08. The summed E-state index contributed by atoms with van der Waals surface area (Å²) < 4.78 is 25.9. The average molecular weight is 320 g/mol. The van der Waals surface area contributed by atoms with E-state index in [2.05, 4.69) is 0 Å². The van der Waals surface area contributed by atoms with Crippen LogP contribution >= 0.6 is 11.6 Å². The van der Waals surface area contributed by atoms with Crippen LogP contribution in [0.3, 0.4) is 0 Å². The molecular formula is C12H14ClNO5S. The van der Waals surface area contributed by atoms with Crippen LogP contribution in [0.2, 0.25) is 5.02 Å². The van der Waals surface area contributed by atoms with Gasteiger partial charge in [0.05, 0.1) is 11.0 Å². The summed E-state index contributed by atoms with van der Waals surface area (Å²) in [6, 6.07) is 3.03. The Labute approximate surface area is 121 Å². The SMILES string of the molecule is Cc1cc(Cl)ccc1S(=O)(=O)N1C[C@H](O)C[C@H]1C(=O)O. The fourth-order valence-electron chi connectivity index (χ4n) is 2.30. The van der Waals surface area contributed by atoms with E-state index in [1.165, 1.54) is 18.2 Å². The summed E-state index contributed by atoms with van der Waals surface area (Å²) >= 11 is 5.79. The number of hydrogen-bond donors (Lipinski definition) is 2. The van der Waals surface area contributed by atoms with Crippen LogP contribution in [0.5, 0.6) is 0 Å². The number of halogens is 1. The number of rotatable bonds is 3. The fraction of sp³-hybridized carbons (Fsp3) is 0.417. The van der Waals surface area contributed by atoms with Gasteiger partial charge in [0.2, 0.25) is 10.0 Å². The second-order valence-electron chi connectivity index (χ2n) is 4.73. The number of benzene rings is 1. The number of carbonyl (C=O) groups is 1. The number of nitrogens with zero attached hydrogens (tertiary/aromatic N) is 1. The molecule has 20 heavy (non-hydrogen) atoms. The van der Waals surface area contributed by atoms with Gasteiger partial charge in [0.15, 0.2) is 0 Å². The van der Waals surface area contributed by atoms with Crippen molar-refractivity contribution in [1.82, 2.24) is 4.31 Å². The lowest BCUT2D eigenvalue weighted by molar-refractivity contribution is -0.140. The van der Waals surface area contributed by atoms with Crippen LogP contribution in [0.4, 0.5) is 0 Å². The summed E-state index contributed by atoms with van der Waals surface area (Å²) in [5.74, 6) is -1.27. The van der Waals surface area contributed by atoms with Gasteiger partial charge in [-0.05, 0) is 30.7 Å². The molecule has 6 nitrogen and oxygen atoms in total. The first kappa shape index (κ1) is 15.2. The maximum Gasteiger partial charge on any atom is 0.322 e. The molecule has 8 heteroatoms. The maximum absolute atomic E-state index is 12.5. The van der Waals surface area contributed by atoms with Crippen LogP contribution in [0.25, 0.3) is 0 Å². The Morgan fingerprint density at radius 1 is 1.45 bits per heavy atom. The van der Waals surface area contributed by atoms with Crippen LogP contribution in [0.15, 0.2) is 23.1 Å². The van der Waals surface area contributed by atoms with E-state index in [4.69, 9.17) is 16.7 Å². The van der Waals surface area contributed by atoms with Crippen molar-refractivity contribution in [3.8, 4) is 0 Å². The van der Waals surface area contributed by atoms with Gasteiger partial charge in [0.25, 0.3) is 0 Å². The second kappa shape index (κ2) is 5.33. The van der Waals surface area contributed by atoms with Gasteiger partial charge < -0.3 is 10.2 Å². The van der Waals surface area contributed by atoms with Crippen LogP contribution in [0, 0.1) is 6.92 Å². The number of aliphatic hydroxyl groups is 1. The highest BCUT2D eigenvalue weighted by molar-refractivity contribution is 7.89. The average Bonchev–Trinajstić information content (AvgIpc) is 2.71. The molecule has 1 heterocycles. The van der Waals surface area contributed by atoms with Crippen molar-refractivity contribution in [1.29, 1.82) is 0 Å². The molecule has 110 valence electrons. The van der Waals surface area contributed by atoms with E-state index in [9.17, 15) is 18.3 Å². The smallest absolute Gasteiger partial charge is 0.322 e. The number of hydrogen-bond acceptors (Lipinski definition) is 4. The third-order valence-corrected chi connectivity index (χ3v) is 5.51. The Morgan fingerprint density at radius 2 is 2.10 bits per heavy atom. The third-order valence-electron chi connectivity index (χ3n) is 3.24. The molecule has 0 aliphatic carbocycles. The van der Waals surface area contributed by atoms with E-state index >= 15 is 0 Å². The molecule has 1 saturated heterocycles. The standard InChI is InChI=1S/C12H14ClNO5S/c1-7-4-8(13)2-3-11(7)20(18,19)14-6-9(15)5-10(14)12(16)17/h2-4,9-10,15H,5-6H2,1H3,(H,16,17)/t9-,10+/m1/s1. The van der Waals surface area contributed by atoms with Gasteiger partial charge in [-0.15, -0.1) is 0 Å². The second-order valence-corrected chi connectivity index (χ2v) is 7.02. The van der Waals surface area contributed by atoms with Crippen molar-refractivity contribution in [2.75, 3.05) is 6.54 Å². The Hall–Kier alpha value is -1.15. The fourth-order valence-corrected chi connectivity index (χ4v) is 4.37. The molecule has 1 fully saturated rings. The first-order chi connectivity index (χ1) is 9.23. The van der Waals surface area contributed by atoms with E-state index in [0.29, 0.717) is 10.6 Å². The topological polar surface area (TPSA) is 94.9 Å². The van der Waals surface area contributed by atoms with E-state index in [-0.39, 0.29) is 17.9 Å². The first-order valence-corrected chi connectivity index (χ1v) is 7.74. The molecule has 2 atom stereocenters. The molecule has 1 aliphatic rings. The highest BCUT2D eigenvalue weighted by atomic mass is 35.5. The normalized spacial score (nSPS) is 23.9. The summed E-state index contributed by atoms with van der Waals surface area (Å²) in [6.45, 7) is 1.36. The predicted molar refractivity (Wildman–Crippen MR) is 72.1 cm³/mol. The number of aryl methyl sites for hydroxylation is 1. The maximum atomic E-state index is 12.5. The molecule has 0 unspecified atom stereocenters. The van der Waals surface area contributed by atoms with Crippen LogP contribution in [-0.2, 0) is 14.8 Å². The third kappa shape index (κ3) is 2.67. The van der Waals surface area contributed by atoms with Gasteiger partial charge in [-0.25, -0.2) is 8.42 Å². The Morgan fingerprint density at radius 3 is 2.65 bits per heavy atom.